The minimum atomic E-state index is 0.189. The van der Waals surface area contributed by atoms with E-state index in [0.717, 1.165) is 24.4 Å². The third kappa shape index (κ3) is 1.77. The van der Waals surface area contributed by atoms with Crippen LogP contribution < -0.4 is 5.32 Å². The van der Waals surface area contributed by atoms with Crippen molar-refractivity contribution in [3.05, 3.63) is 0 Å². The van der Waals surface area contributed by atoms with Gasteiger partial charge in [-0.15, -0.1) is 0 Å². The maximum atomic E-state index is 10.9. The summed E-state index contributed by atoms with van der Waals surface area (Å²) in [6.45, 7) is 2.50. The first-order valence-electron chi connectivity index (χ1n) is 3.47. The Morgan fingerprint density at radius 3 is 2.90 bits per heavy atom. The lowest BCUT2D eigenvalue weighted by Crippen LogP contribution is -2.34. The summed E-state index contributed by atoms with van der Waals surface area (Å²) in [6, 6.07) is 0. The Morgan fingerprint density at radius 1 is 1.80 bits per heavy atom. The highest BCUT2D eigenvalue weighted by Crippen LogP contribution is 2.13. The summed E-state index contributed by atoms with van der Waals surface area (Å²) in [5, 5.41) is 3.05. The first-order valence-corrected chi connectivity index (χ1v) is 3.88. The van der Waals surface area contributed by atoms with Gasteiger partial charge in [0.15, 0.2) is 0 Å². The molecule has 0 aliphatic carbocycles. The molecule has 1 aliphatic rings. The van der Waals surface area contributed by atoms with Crippen LogP contribution in [0.15, 0.2) is 0 Å². The number of thiocarbonyl (C=S) groups is 1. The molecule has 0 bridgehead atoms. The number of piperidine rings is 1. The van der Waals surface area contributed by atoms with Crippen molar-refractivity contribution >= 4 is 23.0 Å². The minimum absolute atomic E-state index is 0.189. The quantitative estimate of drug-likeness (QED) is 0.573. The number of Topliss-reactive ketones (excluding diaryl/α,β-unsaturated/α-hetero) is 1. The van der Waals surface area contributed by atoms with Crippen molar-refractivity contribution in [1.29, 1.82) is 0 Å². The van der Waals surface area contributed by atoms with Gasteiger partial charge in [-0.3, -0.25) is 4.79 Å². The number of carbonyl (C=O) groups is 1. The van der Waals surface area contributed by atoms with Crippen molar-refractivity contribution in [2.24, 2.45) is 5.92 Å². The summed E-state index contributed by atoms with van der Waals surface area (Å²) in [4.78, 5) is 11.7. The number of hydrogen-bond acceptors (Lipinski definition) is 2. The van der Waals surface area contributed by atoms with Crippen LogP contribution in [-0.4, -0.2) is 17.3 Å². The van der Waals surface area contributed by atoms with E-state index < -0.39 is 0 Å². The molecule has 0 aromatic rings. The van der Waals surface area contributed by atoms with E-state index in [0.29, 0.717) is 0 Å². The summed E-state index contributed by atoms with van der Waals surface area (Å²) < 4.78 is 0. The van der Waals surface area contributed by atoms with Crippen LogP contribution >= 0.6 is 12.2 Å². The number of nitrogens with one attached hydrogen (secondary N) is 1. The average Bonchev–Trinajstić information content (AvgIpc) is 1.88. The predicted octanol–water partition coefficient (Wildman–Crippen LogP) is 0.902. The number of rotatable bonds is 1. The molecular formula is C7H11NOS. The monoisotopic (exact) mass is 157 g/mol. The molecule has 1 heterocycles. The van der Waals surface area contributed by atoms with Gasteiger partial charge in [0.2, 0.25) is 0 Å². The van der Waals surface area contributed by atoms with E-state index in [9.17, 15) is 4.79 Å². The second-order valence-corrected chi connectivity index (χ2v) is 3.14. The van der Waals surface area contributed by atoms with E-state index in [1.54, 1.807) is 6.92 Å². The van der Waals surface area contributed by atoms with E-state index in [1.165, 1.54) is 0 Å². The molecule has 0 saturated carbocycles. The van der Waals surface area contributed by atoms with Gasteiger partial charge in [0, 0.05) is 18.9 Å². The average molecular weight is 157 g/mol. The summed E-state index contributed by atoms with van der Waals surface area (Å²) in [5.41, 5.74) is 0. The predicted molar refractivity (Wildman–Crippen MR) is 44.0 cm³/mol. The number of ketones is 1. The molecule has 10 heavy (non-hydrogen) atoms. The van der Waals surface area contributed by atoms with Crippen molar-refractivity contribution < 1.29 is 4.79 Å². The van der Waals surface area contributed by atoms with Crippen molar-refractivity contribution in [3.63, 3.8) is 0 Å². The smallest absolute Gasteiger partial charge is 0.133 e. The molecule has 56 valence electrons. The lowest BCUT2D eigenvalue weighted by atomic mass is 9.94. The molecule has 1 atom stereocenters. The Labute approximate surface area is 66.0 Å². The lowest BCUT2D eigenvalue weighted by molar-refractivity contribution is -0.120. The van der Waals surface area contributed by atoms with Gasteiger partial charge in [0.1, 0.15) is 5.78 Å². The van der Waals surface area contributed by atoms with Crippen molar-refractivity contribution in [2.75, 3.05) is 6.54 Å². The fourth-order valence-electron chi connectivity index (χ4n) is 1.13. The van der Waals surface area contributed by atoms with Crippen LogP contribution in [0.2, 0.25) is 0 Å². The second kappa shape index (κ2) is 3.10. The number of carbonyl (C=O) groups excluding carboxylic acids is 1. The zero-order valence-corrected chi connectivity index (χ0v) is 6.83. The topological polar surface area (TPSA) is 29.1 Å². The highest BCUT2D eigenvalue weighted by molar-refractivity contribution is 7.80. The third-order valence-electron chi connectivity index (χ3n) is 1.82. The van der Waals surface area contributed by atoms with Crippen LogP contribution in [0, 0.1) is 5.92 Å². The largest absolute Gasteiger partial charge is 0.380 e. The summed E-state index contributed by atoms with van der Waals surface area (Å²) in [6.07, 6.45) is 1.69. The molecule has 1 unspecified atom stereocenters. The number of hydrogen-bond donors (Lipinski definition) is 1. The zero-order chi connectivity index (χ0) is 7.56. The van der Waals surface area contributed by atoms with Gasteiger partial charge in [-0.05, 0) is 13.3 Å². The molecule has 3 heteroatoms. The van der Waals surface area contributed by atoms with Crippen molar-refractivity contribution in [1.82, 2.24) is 5.32 Å². The van der Waals surface area contributed by atoms with Crippen LogP contribution in [0.4, 0.5) is 0 Å². The van der Waals surface area contributed by atoms with Gasteiger partial charge in [-0.25, -0.2) is 0 Å². The highest BCUT2D eigenvalue weighted by Gasteiger charge is 2.19. The zero-order valence-electron chi connectivity index (χ0n) is 6.02. The maximum Gasteiger partial charge on any atom is 0.133 e. The molecule has 0 aromatic carbocycles. The maximum absolute atomic E-state index is 10.9. The van der Waals surface area contributed by atoms with Gasteiger partial charge < -0.3 is 5.32 Å². The van der Waals surface area contributed by atoms with Gasteiger partial charge in [0.25, 0.3) is 0 Å². The molecule has 2 nitrogen and oxygen atoms in total. The van der Waals surface area contributed by atoms with Gasteiger partial charge in [0.05, 0.1) is 4.99 Å². The first kappa shape index (κ1) is 7.66. The molecule has 1 saturated heterocycles. The summed E-state index contributed by atoms with van der Waals surface area (Å²) in [7, 11) is 0. The molecule has 1 fully saturated rings. The van der Waals surface area contributed by atoms with Gasteiger partial charge >= 0.3 is 0 Å². The Balaban J connectivity index is 2.47. The second-order valence-electron chi connectivity index (χ2n) is 2.65. The first-order chi connectivity index (χ1) is 4.70. The molecule has 1 rings (SSSR count). The normalized spacial score (nSPS) is 25.7. The molecule has 0 aromatic heterocycles. The van der Waals surface area contributed by atoms with Crippen LogP contribution in [0.5, 0.6) is 0 Å². The SMILES string of the molecule is CC(=O)C1CCNC(=S)C1. The molecule has 0 radical (unpaired) electrons. The Morgan fingerprint density at radius 2 is 2.50 bits per heavy atom. The van der Waals surface area contributed by atoms with E-state index >= 15 is 0 Å². The summed E-state index contributed by atoms with van der Waals surface area (Å²) >= 11 is 4.94. The minimum Gasteiger partial charge on any atom is -0.380 e. The van der Waals surface area contributed by atoms with E-state index in [1.807, 2.05) is 0 Å². The third-order valence-corrected chi connectivity index (χ3v) is 2.13. The molecule has 0 spiro atoms. The van der Waals surface area contributed by atoms with Crippen LogP contribution in [0.3, 0.4) is 0 Å². The van der Waals surface area contributed by atoms with Crippen LogP contribution in [0.1, 0.15) is 19.8 Å². The van der Waals surface area contributed by atoms with Crippen LogP contribution in [-0.2, 0) is 4.79 Å². The van der Waals surface area contributed by atoms with Crippen molar-refractivity contribution in [3.8, 4) is 0 Å². The summed E-state index contributed by atoms with van der Waals surface area (Å²) in [5.74, 6) is 0.456. The fourth-order valence-corrected chi connectivity index (χ4v) is 1.43. The highest BCUT2D eigenvalue weighted by atomic mass is 32.1. The Hall–Kier alpha value is -0.440. The van der Waals surface area contributed by atoms with E-state index in [2.05, 4.69) is 5.32 Å². The van der Waals surface area contributed by atoms with Gasteiger partial charge in [-0.1, -0.05) is 12.2 Å². The Bertz CT molecular complexity index is 165. The molecule has 0 amide bonds. The van der Waals surface area contributed by atoms with E-state index in [4.69, 9.17) is 12.2 Å². The van der Waals surface area contributed by atoms with Crippen LogP contribution in [0.25, 0.3) is 0 Å². The molecular weight excluding hydrogens is 146 g/mol. The van der Waals surface area contributed by atoms with Crippen molar-refractivity contribution in [2.45, 2.75) is 19.8 Å². The van der Waals surface area contributed by atoms with Gasteiger partial charge in [-0.2, -0.15) is 0 Å². The Kier molecular flexibility index (Phi) is 2.38. The molecule has 1 aliphatic heterocycles. The standard InChI is InChI=1S/C7H11NOS/c1-5(9)6-2-3-8-7(10)4-6/h6H,2-4H2,1H3,(H,8,10). The van der Waals surface area contributed by atoms with E-state index in [-0.39, 0.29) is 11.7 Å². The fraction of sp³-hybridized carbons (Fsp3) is 0.714. The lowest BCUT2D eigenvalue weighted by Gasteiger charge is -2.21. The molecule has 1 N–H and O–H groups in total.